The van der Waals surface area contributed by atoms with Crippen LogP contribution in [-0.2, 0) is 9.59 Å². The molecule has 108 valence electrons. The third kappa shape index (κ3) is 2.50. The molecule has 0 bridgehead atoms. The van der Waals surface area contributed by atoms with Gasteiger partial charge in [-0.25, -0.2) is 8.78 Å². The molecule has 1 N–H and O–H groups in total. The summed E-state index contributed by atoms with van der Waals surface area (Å²) in [5, 5.41) is 2.68. The number of carbonyl (C=O) groups is 2. The van der Waals surface area contributed by atoms with Crippen LogP contribution in [0.2, 0.25) is 0 Å². The second kappa shape index (κ2) is 5.19. The van der Waals surface area contributed by atoms with E-state index in [4.69, 9.17) is 0 Å². The van der Waals surface area contributed by atoms with Crippen LogP contribution in [0, 0.1) is 11.6 Å². The number of hydrogen-bond acceptors (Lipinski definition) is 2. The molecule has 0 radical (unpaired) electrons. The minimum atomic E-state index is -1.03. The summed E-state index contributed by atoms with van der Waals surface area (Å²) in [5.74, 6) is -2.54. The minimum Gasteiger partial charge on any atom is -0.342 e. The number of amides is 2. The summed E-state index contributed by atoms with van der Waals surface area (Å²) in [6.45, 7) is 3.56. The van der Waals surface area contributed by atoms with Crippen molar-refractivity contribution >= 4 is 17.5 Å². The molecule has 20 heavy (non-hydrogen) atoms. The van der Waals surface area contributed by atoms with Crippen LogP contribution in [0.1, 0.15) is 26.7 Å². The number of benzene rings is 1. The Balaban J connectivity index is 2.41. The minimum absolute atomic E-state index is 0.125. The molecule has 1 aliphatic heterocycles. The first-order chi connectivity index (χ1) is 9.37. The largest absolute Gasteiger partial charge is 0.342 e. The molecular weight excluding hydrogens is 266 g/mol. The van der Waals surface area contributed by atoms with Gasteiger partial charge in [-0.15, -0.1) is 0 Å². The standard InChI is InChI=1S/C14H16F2N2O2/c1-3-14(2)13(20)18(7-6-12(19)17-14)9-4-5-10(15)11(16)8-9/h4-5,8H,3,6-7H2,1-2H3,(H,17,19). The SMILES string of the molecule is CCC1(C)NC(=O)CCN(c2ccc(F)c(F)c2)C1=O. The van der Waals surface area contributed by atoms with Crippen LogP contribution in [0.3, 0.4) is 0 Å². The van der Waals surface area contributed by atoms with Gasteiger partial charge in [0.1, 0.15) is 5.54 Å². The molecule has 6 heteroatoms. The van der Waals surface area contributed by atoms with Crippen molar-refractivity contribution in [2.24, 2.45) is 0 Å². The smallest absolute Gasteiger partial charge is 0.252 e. The number of nitrogens with zero attached hydrogens (tertiary/aromatic N) is 1. The highest BCUT2D eigenvalue weighted by Crippen LogP contribution is 2.25. The Hall–Kier alpha value is -1.98. The van der Waals surface area contributed by atoms with Gasteiger partial charge in [0, 0.05) is 24.7 Å². The fourth-order valence-corrected chi connectivity index (χ4v) is 2.18. The number of rotatable bonds is 2. The first-order valence-electron chi connectivity index (χ1n) is 6.45. The molecule has 4 nitrogen and oxygen atoms in total. The lowest BCUT2D eigenvalue weighted by Gasteiger charge is -2.31. The molecule has 1 heterocycles. The van der Waals surface area contributed by atoms with E-state index in [1.807, 2.05) is 0 Å². The van der Waals surface area contributed by atoms with E-state index in [2.05, 4.69) is 5.32 Å². The van der Waals surface area contributed by atoms with E-state index in [0.717, 1.165) is 12.1 Å². The molecule has 0 saturated carbocycles. The molecule has 1 aromatic rings. The Morgan fingerprint density at radius 1 is 1.30 bits per heavy atom. The van der Waals surface area contributed by atoms with Gasteiger partial charge in [0.25, 0.3) is 5.91 Å². The highest BCUT2D eigenvalue weighted by atomic mass is 19.2. The predicted molar refractivity (Wildman–Crippen MR) is 70.2 cm³/mol. The number of nitrogens with one attached hydrogen (secondary N) is 1. The molecule has 1 aromatic carbocycles. The van der Waals surface area contributed by atoms with E-state index >= 15 is 0 Å². The van der Waals surface area contributed by atoms with Crippen molar-refractivity contribution in [2.75, 3.05) is 11.4 Å². The Kier molecular flexibility index (Phi) is 3.74. The van der Waals surface area contributed by atoms with E-state index in [0.29, 0.717) is 6.42 Å². The molecule has 0 aliphatic carbocycles. The highest BCUT2D eigenvalue weighted by molar-refractivity contribution is 6.03. The summed E-state index contributed by atoms with van der Waals surface area (Å²) in [4.78, 5) is 25.5. The molecule has 1 aliphatic rings. The average molecular weight is 282 g/mol. The second-order valence-corrected chi connectivity index (χ2v) is 5.04. The van der Waals surface area contributed by atoms with Crippen LogP contribution >= 0.6 is 0 Å². The summed E-state index contributed by atoms with van der Waals surface area (Å²) in [5.41, 5.74) is -0.775. The van der Waals surface area contributed by atoms with Crippen LogP contribution in [0.25, 0.3) is 0 Å². The zero-order chi connectivity index (χ0) is 14.9. The molecule has 1 fully saturated rings. The Morgan fingerprint density at radius 2 is 2.00 bits per heavy atom. The fourth-order valence-electron chi connectivity index (χ4n) is 2.18. The number of hydrogen-bond donors (Lipinski definition) is 1. The molecule has 2 amide bonds. The normalized spacial score (nSPS) is 23.5. The first kappa shape index (κ1) is 14.4. The topological polar surface area (TPSA) is 49.4 Å². The molecule has 1 unspecified atom stereocenters. The van der Waals surface area contributed by atoms with Crippen molar-refractivity contribution in [3.05, 3.63) is 29.8 Å². The van der Waals surface area contributed by atoms with E-state index in [1.165, 1.54) is 11.0 Å². The molecule has 2 rings (SSSR count). The number of halogens is 2. The maximum atomic E-state index is 13.3. The summed E-state index contributed by atoms with van der Waals surface area (Å²) in [6.07, 6.45) is 0.540. The molecule has 0 aromatic heterocycles. The van der Waals surface area contributed by atoms with Gasteiger partial charge in [-0.1, -0.05) is 6.92 Å². The summed E-state index contributed by atoms with van der Waals surface area (Å²) >= 11 is 0. The lowest BCUT2D eigenvalue weighted by Crippen LogP contribution is -2.54. The van der Waals surface area contributed by atoms with Crippen LogP contribution in [0.4, 0.5) is 14.5 Å². The summed E-state index contributed by atoms with van der Waals surface area (Å²) in [6, 6.07) is 3.28. The maximum Gasteiger partial charge on any atom is 0.252 e. The molecular formula is C14H16F2N2O2. The fraction of sp³-hybridized carbons (Fsp3) is 0.429. The van der Waals surface area contributed by atoms with Gasteiger partial charge in [0.15, 0.2) is 11.6 Å². The van der Waals surface area contributed by atoms with Crippen LogP contribution < -0.4 is 10.2 Å². The lowest BCUT2D eigenvalue weighted by atomic mass is 9.97. The molecule has 0 spiro atoms. The Morgan fingerprint density at radius 3 is 2.60 bits per heavy atom. The van der Waals surface area contributed by atoms with Gasteiger partial charge in [-0.2, -0.15) is 0 Å². The van der Waals surface area contributed by atoms with E-state index in [1.54, 1.807) is 13.8 Å². The van der Waals surface area contributed by atoms with Crippen molar-refractivity contribution in [1.29, 1.82) is 0 Å². The van der Waals surface area contributed by atoms with Gasteiger partial charge in [0.05, 0.1) is 0 Å². The van der Waals surface area contributed by atoms with Gasteiger partial charge < -0.3 is 10.2 Å². The van der Waals surface area contributed by atoms with Crippen molar-refractivity contribution in [2.45, 2.75) is 32.2 Å². The third-order valence-corrected chi connectivity index (χ3v) is 3.62. The van der Waals surface area contributed by atoms with Crippen molar-refractivity contribution < 1.29 is 18.4 Å². The zero-order valence-corrected chi connectivity index (χ0v) is 11.4. The number of carbonyl (C=O) groups excluding carboxylic acids is 2. The Bertz CT molecular complexity index is 562. The van der Waals surface area contributed by atoms with Crippen molar-refractivity contribution in [3.63, 3.8) is 0 Å². The van der Waals surface area contributed by atoms with Gasteiger partial charge in [-0.05, 0) is 25.5 Å². The van der Waals surface area contributed by atoms with Crippen molar-refractivity contribution in [1.82, 2.24) is 5.32 Å². The lowest BCUT2D eigenvalue weighted by molar-refractivity contribution is -0.129. The first-order valence-corrected chi connectivity index (χ1v) is 6.45. The summed E-state index contributed by atoms with van der Waals surface area (Å²) in [7, 11) is 0. The second-order valence-electron chi connectivity index (χ2n) is 5.04. The Labute approximate surface area is 115 Å². The van der Waals surface area contributed by atoms with Crippen molar-refractivity contribution in [3.8, 4) is 0 Å². The van der Waals surface area contributed by atoms with Crippen LogP contribution in [0.15, 0.2) is 18.2 Å². The van der Waals surface area contributed by atoms with E-state index in [9.17, 15) is 18.4 Å². The summed E-state index contributed by atoms with van der Waals surface area (Å²) < 4.78 is 26.3. The van der Waals surface area contributed by atoms with E-state index in [-0.39, 0.29) is 30.5 Å². The quantitative estimate of drug-likeness (QED) is 0.901. The van der Waals surface area contributed by atoms with E-state index < -0.39 is 17.2 Å². The third-order valence-electron chi connectivity index (χ3n) is 3.62. The molecule has 1 atom stereocenters. The maximum absolute atomic E-state index is 13.3. The average Bonchev–Trinajstić information content (AvgIpc) is 2.52. The number of anilines is 1. The van der Waals surface area contributed by atoms with Crippen LogP contribution in [0.5, 0.6) is 0 Å². The van der Waals surface area contributed by atoms with Gasteiger partial charge in [0.2, 0.25) is 5.91 Å². The monoisotopic (exact) mass is 282 g/mol. The van der Waals surface area contributed by atoms with Crippen LogP contribution in [-0.4, -0.2) is 23.9 Å². The highest BCUT2D eigenvalue weighted by Gasteiger charge is 2.39. The zero-order valence-electron chi connectivity index (χ0n) is 11.4. The van der Waals surface area contributed by atoms with Gasteiger partial charge >= 0.3 is 0 Å². The van der Waals surface area contributed by atoms with Gasteiger partial charge in [-0.3, -0.25) is 9.59 Å². The predicted octanol–water partition coefficient (Wildman–Crippen LogP) is 1.99. The molecule has 1 saturated heterocycles.